The quantitative estimate of drug-likeness (QED) is 0.737. The van der Waals surface area contributed by atoms with Crippen LogP contribution in [0, 0.1) is 11.3 Å². The predicted molar refractivity (Wildman–Crippen MR) is 60.5 cm³/mol. The third-order valence-corrected chi connectivity index (χ3v) is 3.43. The Bertz CT molecular complexity index is 181. The summed E-state index contributed by atoms with van der Waals surface area (Å²) < 4.78 is 5.28. The fourth-order valence-corrected chi connectivity index (χ4v) is 2.43. The molecule has 1 fully saturated rings. The van der Waals surface area contributed by atoms with E-state index in [9.17, 15) is 0 Å². The van der Waals surface area contributed by atoms with Crippen LogP contribution in [-0.4, -0.2) is 25.8 Å². The van der Waals surface area contributed by atoms with Crippen molar-refractivity contribution in [3.63, 3.8) is 0 Å². The first-order valence-corrected chi connectivity index (χ1v) is 5.61. The van der Waals surface area contributed by atoms with Gasteiger partial charge in [0.15, 0.2) is 0 Å². The number of hydrogen-bond acceptors (Lipinski definition) is 2. The topological polar surface area (TPSA) is 21.3 Å². The highest BCUT2D eigenvalue weighted by atomic mass is 16.5. The van der Waals surface area contributed by atoms with Gasteiger partial charge in [0.05, 0.1) is 6.61 Å². The number of methoxy groups -OCH3 is 1. The fraction of sp³-hybridized carbons (Fsp3) is 1.00. The molecule has 2 nitrogen and oxygen atoms in total. The minimum absolute atomic E-state index is 0.185. The van der Waals surface area contributed by atoms with Crippen molar-refractivity contribution in [2.45, 2.75) is 46.1 Å². The van der Waals surface area contributed by atoms with Crippen molar-refractivity contribution in [1.29, 1.82) is 0 Å². The molecule has 2 unspecified atom stereocenters. The summed E-state index contributed by atoms with van der Waals surface area (Å²) in [5, 5.41) is 3.57. The Morgan fingerprint density at radius 1 is 1.43 bits per heavy atom. The highest BCUT2D eigenvalue weighted by Crippen LogP contribution is 2.37. The third-order valence-electron chi connectivity index (χ3n) is 3.43. The molecule has 1 aliphatic rings. The van der Waals surface area contributed by atoms with Crippen LogP contribution in [0.1, 0.15) is 40.5 Å². The summed E-state index contributed by atoms with van der Waals surface area (Å²) in [5.74, 6) is 0.809. The van der Waals surface area contributed by atoms with Gasteiger partial charge in [0.25, 0.3) is 0 Å². The van der Waals surface area contributed by atoms with E-state index in [2.05, 4.69) is 33.0 Å². The SMILES string of the molecule is COCC1(C)CC(C(C)(C)C)CCN1. The minimum Gasteiger partial charge on any atom is -0.383 e. The predicted octanol–water partition coefficient (Wildman–Crippen LogP) is 2.44. The second-order valence-corrected chi connectivity index (χ2v) is 5.98. The maximum atomic E-state index is 5.28. The maximum absolute atomic E-state index is 5.28. The molecule has 1 N–H and O–H groups in total. The molecular formula is C12H25NO. The van der Waals surface area contributed by atoms with Crippen molar-refractivity contribution in [3.05, 3.63) is 0 Å². The highest BCUT2D eigenvalue weighted by Gasteiger charge is 2.36. The molecule has 1 aliphatic heterocycles. The van der Waals surface area contributed by atoms with Crippen LogP contribution >= 0.6 is 0 Å². The number of ether oxygens (including phenoxy) is 1. The van der Waals surface area contributed by atoms with E-state index >= 15 is 0 Å². The van der Waals surface area contributed by atoms with Crippen molar-refractivity contribution in [1.82, 2.24) is 5.32 Å². The van der Waals surface area contributed by atoms with Crippen LogP contribution in [0.15, 0.2) is 0 Å². The Hall–Kier alpha value is -0.0800. The largest absolute Gasteiger partial charge is 0.383 e. The van der Waals surface area contributed by atoms with E-state index in [4.69, 9.17) is 4.74 Å². The van der Waals surface area contributed by atoms with Gasteiger partial charge in [-0.15, -0.1) is 0 Å². The van der Waals surface area contributed by atoms with Gasteiger partial charge in [-0.1, -0.05) is 20.8 Å². The number of rotatable bonds is 2. The Kier molecular flexibility index (Phi) is 3.59. The van der Waals surface area contributed by atoms with E-state index in [1.165, 1.54) is 12.8 Å². The molecule has 2 heteroatoms. The zero-order valence-corrected chi connectivity index (χ0v) is 10.3. The van der Waals surface area contributed by atoms with Gasteiger partial charge in [-0.25, -0.2) is 0 Å². The van der Waals surface area contributed by atoms with Crippen LogP contribution in [0.2, 0.25) is 0 Å². The second-order valence-electron chi connectivity index (χ2n) is 5.98. The molecule has 14 heavy (non-hydrogen) atoms. The fourth-order valence-electron chi connectivity index (χ4n) is 2.43. The number of hydrogen-bond donors (Lipinski definition) is 1. The van der Waals surface area contributed by atoms with E-state index in [0.29, 0.717) is 5.41 Å². The van der Waals surface area contributed by atoms with Crippen molar-refractivity contribution in [2.75, 3.05) is 20.3 Å². The highest BCUT2D eigenvalue weighted by molar-refractivity contribution is 4.93. The van der Waals surface area contributed by atoms with Gasteiger partial charge in [-0.2, -0.15) is 0 Å². The molecule has 0 aliphatic carbocycles. The lowest BCUT2D eigenvalue weighted by atomic mass is 9.70. The lowest BCUT2D eigenvalue weighted by molar-refractivity contribution is 0.0528. The van der Waals surface area contributed by atoms with Gasteiger partial charge < -0.3 is 10.1 Å². The van der Waals surface area contributed by atoms with Gasteiger partial charge in [0.2, 0.25) is 0 Å². The molecule has 0 aromatic heterocycles. The van der Waals surface area contributed by atoms with E-state index < -0.39 is 0 Å². The molecular weight excluding hydrogens is 174 g/mol. The Morgan fingerprint density at radius 3 is 2.57 bits per heavy atom. The first kappa shape index (κ1) is 12.0. The van der Waals surface area contributed by atoms with Gasteiger partial charge in [0, 0.05) is 12.6 Å². The van der Waals surface area contributed by atoms with Crippen LogP contribution in [0.4, 0.5) is 0 Å². The smallest absolute Gasteiger partial charge is 0.0641 e. The van der Waals surface area contributed by atoms with Crippen LogP contribution in [0.5, 0.6) is 0 Å². The maximum Gasteiger partial charge on any atom is 0.0641 e. The van der Waals surface area contributed by atoms with Gasteiger partial charge in [-0.3, -0.25) is 0 Å². The van der Waals surface area contributed by atoms with Crippen molar-refractivity contribution >= 4 is 0 Å². The molecule has 0 aromatic carbocycles. The van der Waals surface area contributed by atoms with E-state index in [1.807, 2.05) is 0 Å². The van der Waals surface area contributed by atoms with Gasteiger partial charge in [-0.05, 0) is 37.6 Å². The molecule has 1 rings (SSSR count). The molecule has 1 heterocycles. The summed E-state index contributed by atoms with van der Waals surface area (Å²) >= 11 is 0. The molecule has 0 saturated carbocycles. The second kappa shape index (κ2) is 4.19. The molecule has 2 atom stereocenters. The van der Waals surface area contributed by atoms with Crippen molar-refractivity contribution in [2.24, 2.45) is 11.3 Å². The first-order valence-electron chi connectivity index (χ1n) is 5.61. The average Bonchev–Trinajstić information content (AvgIpc) is 2.02. The molecule has 0 spiro atoms. The molecule has 0 radical (unpaired) electrons. The number of piperidine rings is 1. The Labute approximate surface area is 88.4 Å². The summed E-state index contributed by atoms with van der Waals surface area (Å²) in [4.78, 5) is 0. The average molecular weight is 199 g/mol. The molecule has 1 saturated heterocycles. The van der Waals surface area contributed by atoms with E-state index in [0.717, 1.165) is 19.1 Å². The molecule has 0 amide bonds. The van der Waals surface area contributed by atoms with Crippen LogP contribution in [0.3, 0.4) is 0 Å². The van der Waals surface area contributed by atoms with Crippen LogP contribution < -0.4 is 5.32 Å². The molecule has 0 aromatic rings. The van der Waals surface area contributed by atoms with Crippen molar-refractivity contribution in [3.8, 4) is 0 Å². The van der Waals surface area contributed by atoms with Crippen LogP contribution in [-0.2, 0) is 4.74 Å². The Balaban J connectivity index is 2.59. The Morgan fingerprint density at radius 2 is 2.07 bits per heavy atom. The summed E-state index contributed by atoms with van der Waals surface area (Å²) in [7, 11) is 1.79. The molecule has 0 bridgehead atoms. The number of nitrogens with one attached hydrogen (secondary N) is 1. The summed E-state index contributed by atoms with van der Waals surface area (Å²) in [6.07, 6.45) is 2.52. The van der Waals surface area contributed by atoms with E-state index in [1.54, 1.807) is 7.11 Å². The lowest BCUT2D eigenvalue weighted by Crippen LogP contribution is -2.53. The van der Waals surface area contributed by atoms with Crippen molar-refractivity contribution < 1.29 is 4.74 Å². The minimum atomic E-state index is 0.185. The summed E-state index contributed by atoms with van der Waals surface area (Å²) in [6.45, 7) is 11.2. The summed E-state index contributed by atoms with van der Waals surface area (Å²) in [5.41, 5.74) is 0.613. The third kappa shape index (κ3) is 2.96. The van der Waals surface area contributed by atoms with E-state index in [-0.39, 0.29) is 5.54 Å². The first-order chi connectivity index (χ1) is 6.37. The normalized spacial score (nSPS) is 34.5. The monoisotopic (exact) mass is 199 g/mol. The molecule has 84 valence electrons. The zero-order valence-electron chi connectivity index (χ0n) is 10.3. The zero-order chi connectivity index (χ0) is 10.8. The van der Waals surface area contributed by atoms with Gasteiger partial charge in [0.1, 0.15) is 0 Å². The standard InChI is InChI=1S/C12H25NO/c1-11(2,3)10-6-7-13-12(4,8-10)9-14-5/h10,13H,6-9H2,1-5H3. The summed E-state index contributed by atoms with van der Waals surface area (Å²) in [6, 6.07) is 0. The van der Waals surface area contributed by atoms with Crippen LogP contribution in [0.25, 0.3) is 0 Å². The van der Waals surface area contributed by atoms with Gasteiger partial charge >= 0.3 is 0 Å². The lowest BCUT2D eigenvalue weighted by Gasteiger charge is -2.44.